The summed E-state index contributed by atoms with van der Waals surface area (Å²) in [6.07, 6.45) is -3.16. The first kappa shape index (κ1) is 20.3. The normalized spacial score (nSPS) is 16.1. The molecule has 0 fully saturated rings. The molecule has 0 aromatic carbocycles. The Morgan fingerprint density at radius 3 is 1.73 bits per heavy atom. The van der Waals surface area contributed by atoms with Crippen molar-refractivity contribution in [2.24, 2.45) is 0 Å². The minimum Gasteiger partial charge on any atom is -0.463 e. The average Bonchev–Trinajstić information content (AvgIpc) is 2.40. The van der Waals surface area contributed by atoms with Gasteiger partial charge in [0, 0.05) is 35.0 Å². The molecule has 8 nitrogen and oxygen atoms in total. The summed E-state index contributed by atoms with van der Waals surface area (Å²) in [7, 11) is 2.79. The number of rotatable bonds is 9. The average molecular weight is 320 g/mol. The van der Waals surface area contributed by atoms with Crippen molar-refractivity contribution in [2.75, 3.05) is 20.8 Å². The summed E-state index contributed by atoms with van der Waals surface area (Å²) in [6, 6.07) is 0. The van der Waals surface area contributed by atoms with E-state index >= 15 is 0 Å². The maximum Gasteiger partial charge on any atom is 0.303 e. The molecule has 128 valence electrons. The van der Waals surface area contributed by atoms with Crippen LogP contribution < -0.4 is 0 Å². The molecule has 0 radical (unpaired) electrons. The molecule has 0 heterocycles. The van der Waals surface area contributed by atoms with Crippen molar-refractivity contribution in [1.82, 2.24) is 0 Å². The molecule has 0 bridgehead atoms. The van der Waals surface area contributed by atoms with Gasteiger partial charge in [-0.3, -0.25) is 14.4 Å². The van der Waals surface area contributed by atoms with Crippen LogP contribution in [0, 0.1) is 0 Å². The van der Waals surface area contributed by atoms with E-state index in [1.54, 1.807) is 6.92 Å². The Morgan fingerprint density at radius 2 is 1.36 bits per heavy atom. The first-order valence-electron chi connectivity index (χ1n) is 6.76. The van der Waals surface area contributed by atoms with Gasteiger partial charge in [0.25, 0.3) is 0 Å². The third-order valence-electron chi connectivity index (χ3n) is 2.83. The second kappa shape index (κ2) is 10.1. The van der Waals surface area contributed by atoms with Gasteiger partial charge in [-0.1, -0.05) is 0 Å². The molecular weight excluding hydrogens is 296 g/mol. The molecule has 0 unspecified atom stereocenters. The van der Waals surface area contributed by atoms with Gasteiger partial charge in [-0.25, -0.2) is 0 Å². The Hall–Kier alpha value is -1.67. The van der Waals surface area contributed by atoms with Crippen LogP contribution in [0.3, 0.4) is 0 Å². The summed E-state index contributed by atoms with van der Waals surface area (Å²) in [4.78, 5) is 33.3. The van der Waals surface area contributed by atoms with Gasteiger partial charge in [-0.15, -0.1) is 0 Å². The van der Waals surface area contributed by atoms with Crippen molar-refractivity contribution in [3.63, 3.8) is 0 Å². The Labute approximate surface area is 130 Å². The highest BCUT2D eigenvalue weighted by molar-refractivity contribution is 5.67. The lowest BCUT2D eigenvalue weighted by Gasteiger charge is -2.33. The molecule has 0 saturated heterocycles. The summed E-state index contributed by atoms with van der Waals surface area (Å²) in [5, 5.41) is 0. The highest BCUT2D eigenvalue weighted by Crippen LogP contribution is 2.18. The van der Waals surface area contributed by atoms with Crippen LogP contribution in [0.5, 0.6) is 0 Å². The highest BCUT2D eigenvalue weighted by atomic mass is 16.6. The lowest BCUT2D eigenvalue weighted by atomic mass is 10.0. The quantitative estimate of drug-likeness (QED) is 0.446. The highest BCUT2D eigenvalue weighted by Gasteiger charge is 2.38. The molecule has 0 aromatic rings. The van der Waals surface area contributed by atoms with Crippen molar-refractivity contribution in [2.45, 2.75) is 52.1 Å². The number of carbonyl (C=O) groups is 3. The van der Waals surface area contributed by atoms with Gasteiger partial charge in [0.05, 0.1) is 0 Å². The van der Waals surface area contributed by atoms with Gasteiger partial charge < -0.3 is 23.7 Å². The van der Waals surface area contributed by atoms with E-state index in [2.05, 4.69) is 0 Å². The summed E-state index contributed by atoms with van der Waals surface area (Å²) in [5.74, 6) is -1.56. The lowest BCUT2D eigenvalue weighted by molar-refractivity contribution is -0.189. The molecule has 8 heteroatoms. The SMILES string of the molecule is CO[C@H]([C@H](OC(C)=O)[C@H](C)OC(C)=O)[C@@H](COC(C)=O)OC. The molecule has 0 amide bonds. The van der Waals surface area contributed by atoms with Crippen molar-refractivity contribution < 1.29 is 38.1 Å². The third kappa shape index (κ3) is 7.37. The molecular formula is C14H24O8. The molecule has 0 aromatic heterocycles. The summed E-state index contributed by atoms with van der Waals surface area (Å²) in [5.41, 5.74) is 0. The maximum absolute atomic E-state index is 11.3. The van der Waals surface area contributed by atoms with E-state index < -0.39 is 42.3 Å². The van der Waals surface area contributed by atoms with E-state index in [9.17, 15) is 14.4 Å². The molecule has 0 rings (SSSR count). The number of methoxy groups -OCH3 is 2. The Bertz CT molecular complexity index is 381. The van der Waals surface area contributed by atoms with Crippen LogP contribution in [-0.4, -0.2) is 63.2 Å². The van der Waals surface area contributed by atoms with Crippen molar-refractivity contribution in [3.8, 4) is 0 Å². The van der Waals surface area contributed by atoms with Crippen LogP contribution in [0.4, 0.5) is 0 Å². The van der Waals surface area contributed by atoms with Crippen molar-refractivity contribution in [1.29, 1.82) is 0 Å². The van der Waals surface area contributed by atoms with Gasteiger partial charge in [-0.2, -0.15) is 0 Å². The first-order chi connectivity index (χ1) is 10.2. The van der Waals surface area contributed by atoms with E-state index in [0.29, 0.717) is 0 Å². The third-order valence-corrected chi connectivity index (χ3v) is 2.83. The zero-order valence-electron chi connectivity index (χ0n) is 13.8. The first-order valence-corrected chi connectivity index (χ1v) is 6.76. The van der Waals surface area contributed by atoms with Gasteiger partial charge in [0.15, 0.2) is 6.10 Å². The van der Waals surface area contributed by atoms with Crippen molar-refractivity contribution >= 4 is 17.9 Å². The zero-order chi connectivity index (χ0) is 17.3. The lowest BCUT2D eigenvalue weighted by Crippen LogP contribution is -2.50. The minimum absolute atomic E-state index is 0.0884. The van der Waals surface area contributed by atoms with Crippen LogP contribution in [0.2, 0.25) is 0 Å². The van der Waals surface area contributed by atoms with E-state index in [4.69, 9.17) is 23.7 Å². The fourth-order valence-corrected chi connectivity index (χ4v) is 1.94. The van der Waals surface area contributed by atoms with Crippen LogP contribution in [0.1, 0.15) is 27.7 Å². The molecule has 0 aliphatic rings. The number of ether oxygens (including phenoxy) is 5. The van der Waals surface area contributed by atoms with E-state index in [-0.39, 0.29) is 6.61 Å². The fourth-order valence-electron chi connectivity index (χ4n) is 1.94. The second-order valence-corrected chi connectivity index (χ2v) is 4.67. The minimum atomic E-state index is -0.910. The Balaban J connectivity index is 5.18. The molecule has 0 aliphatic carbocycles. The largest absolute Gasteiger partial charge is 0.463 e. The summed E-state index contributed by atoms with van der Waals surface area (Å²) < 4.78 is 25.7. The van der Waals surface area contributed by atoms with Gasteiger partial charge in [0.1, 0.15) is 24.9 Å². The van der Waals surface area contributed by atoms with E-state index in [1.165, 1.54) is 35.0 Å². The van der Waals surface area contributed by atoms with Gasteiger partial charge in [-0.05, 0) is 6.92 Å². The molecule has 0 N–H and O–H groups in total. The standard InChI is InChI=1S/C14H24O8/c1-8(21-10(3)16)13(22-11(4)17)14(19-6)12(18-5)7-20-9(2)15/h8,12-14H,7H2,1-6H3/t8-,12+,13+,14-/m0/s1. The van der Waals surface area contributed by atoms with Gasteiger partial charge >= 0.3 is 17.9 Å². The van der Waals surface area contributed by atoms with E-state index in [1.807, 2.05) is 0 Å². The topological polar surface area (TPSA) is 97.4 Å². The maximum atomic E-state index is 11.3. The molecule has 0 aliphatic heterocycles. The summed E-state index contributed by atoms with van der Waals surface area (Å²) in [6.45, 7) is 5.22. The zero-order valence-corrected chi connectivity index (χ0v) is 13.8. The summed E-state index contributed by atoms with van der Waals surface area (Å²) >= 11 is 0. The Kier molecular flexibility index (Phi) is 9.35. The number of carbonyl (C=O) groups excluding carboxylic acids is 3. The predicted octanol–water partition coefficient (Wildman–Crippen LogP) is 0.463. The molecule has 4 atom stereocenters. The number of esters is 3. The number of hydrogen-bond donors (Lipinski definition) is 0. The number of hydrogen-bond acceptors (Lipinski definition) is 8. The Morgan fingerprint density at radius 1 is 0.818 bits per heavy atom. The molecule has 0 spiro atoms. The predicted molar refractivity (Wildman–Crippen MR) is 75.0 cm³/mol. The van der Waals surface area contributed by atoms with E-state index in [0.717, 1.165) is 0 Å². The monoisotopic (exact) mass is 320 g/mol. The van der Waals surface area contributed by atoms with Crippen molar-refractivity contribution in [3.05, 3.63) is 0 Å². The molecule has 22 heavy (non-hydrogen) atoms. The van der Waals surface area contributed by atoms with Crippen LogP contribution in [0.25, 0.3) is 0 Å². The molecule has 0 saturated carbocycles. The smallest absolute Gasteiger partial charge is 0.303 e. The fraction of sp³-hybridized carbons (Fsp3) is 0.786. The van der Waals surface area contributed by atoms with Gasteiger partial charge in [0.2, 0.25) is 0 Å². The second-order valence-electron chi connectivity index (χ2n) is 4.67. The van der Waals surface area contributed by atoms with Crippen LogP contribution >= 0.6 is 0 Å². The van der Waals surface area contributed by atoms with Crippen LogP contribution in [-0.2, 0) is 38.1 Å². The van der Waals surface area contributed by atoms with Crippen LogP contribution in [0.15, 0.2) is 0 Å².